The number of thioether (sulfide) groups is 1. The molecule has 0 radical (unpaired) electrons. The van der Waals surface area contributed by atoms with E-state index in [-0.39, 0.29) is 5.91 Å². The van der Waals surface area contributed by atoms with Crippen molar-refractivity contribution >= 4 is 17.7 Å². The lowest BCUT2D eigenvalue weighted by atomic mass is 10.2. The quantitative estimate of drug-likeness (QED) is 0.371. The molecule has 0 aliphatic carbocycles. The monoisotopic (exact) mass is 407 g/mol. The number of amides is 1. The Labute approximate surface area is 176 Å². The molecular formula is C24H25NO3S. The van der Waals surface area contributed by atoms with Crippen molar-refractivity contribution in [3.63, 3.8) is 0 Å². The third-order valence-corrected chi connectivity index (χ3v) is 5.12. The molecule has 29 heavy (non-hydrogen) atoms. The summed E-state index contributed by atoms with van der Waals surface area (Å²) in [5, 5.41) is 2.94. The van der Waals surface area contributed by atoms with Crippen LogP contribution in [0.25, 0.3) is 0 Å². The Hall–Kier alpha value is -2.92. The third-order valence-electron chi connectivity index (χ3n) is 4.14. The molecule has 5 heteroatoms. The van der Waals surface area contributed by atoms with Gasteiger partial charge in [0.05, 0.1) is 13.2 Å². The zero-order chi connectivity index (χ0) is 20.3. The van der Waals surface area contributed by atoms with Gasteiger partial charge in [-0.3, -0.25) is 4.79 Å². The first kappa shape index (κ1) is 20.8. The van der Waals surface area contributed by atoms with Crippen molar-refractivity contribution in [1.82, 2.24) is 5.32 Å². The van der Waals surface area contributed by atoms with Crippen LogP contribution >= 0.6 is 11.8 Å². The van der Waals surface area contributed by atoms with E-state index in [2.05, 4.69) is 17.4 Å². The Kier molecular flexibility index (Phi) is 8.01. The number of hydrogen-bond acceptors (Lipinski definition) is 4. The smallest absolute Gasteiger partial charge is 0.251 e. The first-order valence-corrected chi connectivity index (χ1v) is 10.6. The molecule has 0 heterocycles. The molecule has 0 saturated heterocycles. The Bertz CT molecular complexity index is 898. The minimum absolute atomic E-state index is 0.113. The molecule has 3 aromatic rings. The molecule has 0 spiro atoms. The number of rotatable bonds is 10. The number of hydrogen-bond donors (Lipinski definition) is 1. The van der Waals surface area contributed by atoms with Gasteiger partial charge in [0.1, 0.15) is 11.5 Å². The van der Waals surface area contributed by atoms with Crippen LogP contribution < -0.4 is 14.8 Å². The van der Waals surface area contributed by atoms with E-state index >= 15 is 0 Å². The van der Waals surface area contributed by atoms with E-state index < -0.39 is 0 Å². The molecule has 4 nitrogen and oxygen atoms in total. The summed E-state index contributed by atoms with van der Waals surface area (Å²) in [7, 11) is 0. The maximum Gasteiger partial charge on any atom is 0.251 e. The van der Waals surface area contributed by atoms with Crippen molar-refractivity contribution < 1.29 is 14.3 Å². The second-order valence-electron chi connectivity index (χ2n) is 6.30. The molecule has 1 amide bonds. The van der Waals surface area contributed by atoms with Gasteiger partial charge < -0.3 is 14.8 Å². The average molecular weight is 408 g/mol. The van der Waals surface area contributed by atoms with Gasteiger partial charge in [-0.2, -0.15) is 0 Å². The SMILES string of the molecule is CCOc1cccc(CNC(=O)c2ccc(OCCSc3ccccc3)cc2)c1. The topological polar surface area (TPSA) is 47.6 Å². The molecule has 150 valence electrons. The van der Waals surface area contributed by atoms with Crippen LogP contribution in [0.4, 0.5) is 0 Å². The van der Waals surface area contributed by atoms with Crippen molar-refractivity contribution in [2.75, 3.05) is 19.0 Å². The van der Waals surface area contributed by atoms with Gasteiger partial charge in [0.25, 0.3) is 5.91 Å². The minimum atomic E-state index is -0.113. The summed E-state index contributed by atoms with van der Waals surface area (Å²) < 4.78 is 11.2. The first-order valence-electron chi connectivity index (χ1n) is 9.65. The summed E-state index contributed by atoms with van der Waals surface area (Å²) in [6.07, 6.45) is 0. The van der Waals surface area contributed by atoms with Gasteiger partial charge in [-0.25, -0.2) is 0 Å². The Morgan fingerprint density at radius 3 is 2.45 bits per heavy atom. The van der Waals surface area contributed by atoms with E-state index in [1.807, 2.05) is 61.5 Å². The molecular weight excluding hydrogens is 382 g/mol. The van der Waals surface area contributed by atoms with Gasteiger partial charge in [-0.05, 0) is 61.0 Å². The summed E-state index contributed by atoms with van der Waals surface area (Å²) in [5.74, 6) is 2.33. The van der Waals surface area contributed by atoms with Crippen molar-refractivity contribution in [1.29, 1.82) is 0 Å². The summed E-state index contributed by atoms with van der Waals surface area (Å²) in [4.78, 5) is 13.6. The molecule has 1 N–H and O–H groups in total. The van der Waals surface area contributed by atoms with Gasteiger partial charge >= 0.3 is 0 Å². The predicted molar refractivity (Wildman–Crippen MR) is 118 cm³/mol. The van der Waals surface area contributed by atoms with Crippen molar-refractivity contribution in [3.8, 4) is 11.5 Å². The zero-order valence-corrected chi connectivity index (χ0v) is 17.3. The van der Waals surface area contributed by atoms with Crippen molar-refractivity contribution in [2.24, 2.45) is 0 Å². The van der Waals surface area contributed by atoms with E-state index in [0.717, 1.165) is 22.8 Å². The molecule has 0 unspecified atom stereocenters. The van der Waals surface area contributed by atoms with Gasteiger partial charge in [-0.1, -0.05) is 30.3 Å². The summed E-state index contributed by atoms with van der Waals surface area (Å²) in [5.41, 5.74) is 1.61. The van der Waals surface area contributed by atoms with Crippen LogP contribution in [0, 0.1) is 0 Å². The van der Waals surface area contributed by atoms with Crippen LogP contribution in [0.15, 0.2) is 83.8 Å². The van der Waals surface area contributed by atoms with Crippen LogP contribution in [0.5, 0.6) is 11.5 Å². The molecule has 0 atom stereocenters. The van der Waals surface area contributed by atoms with Gasteiger partial charge in [-0.15, -0.1) is 11.8 Å². The van der Waals surface area contributed by atoms with Crippen LogP contribution in [0.1, 0.15) is 22.8 Å². The van der Waals surface area contributed by atoms with Gasteiger partial charge in [0.15, 0.2) is 0 Å². The summed E-state index contributed by atoms with van der Waals surface area (Å²) >= 11 is 1.76. The maximum absolute atomic E-state index is 12.4. The maximum atomic E-state index is 12.4. The normalized spacial score (nSPS) is 10.4. The molecule has 0 aromatic heterocycles. The first-order chi connectivity index (χ1) is 14.2. The highest BCUT2D eigenvalue weighted by Crippen LogP contribution is 2.18. The van der Waals surface area contributed by atoms with E-state index in [1.54, 1.807) is 23.9 Å². The van der Waals surface area contributed by atoms with Crippen LogP contribution in [-0.4, -0.2) is 24.9 Å². The minimum Gasteiger partial charge on any atom is -0.494 e. The molecule has 3 aromatic carbocycles. The molecule has 0 fully saturated rings. The van der Waals surface area contributed by atoms with Crippen LogP contribution in [0.2, 0.25) is 0 Å². The fourth-order valence-corrected chi connectivity index (χ4v) is 3.49. The van der Waals surface area contributed by atoms with Crippen molar-refractivity contribution in [3.05, 3.63) is 90.0 Å². The standard InChI is InChI=1S/C24H25NO3S/c1-2-27-22-8-6-7-19(17-22)18-25-24(26)20-11-13-21(14-12-20)28-15-16-29-23-9-4-3-5-10-23/h3-14,17H,2,15-16,18H2,1H3,(H,25,26). The Morgan fingerprint density at radius 2 is 1.69 bits per heavy atom. The largest absolute Gasteiger partial charge is 0.494 e. The fraction of sp³-hybridized carbons (Fsp3) is 0.208. The lowest BCUT2D eigenvalue weighted by Gasteiger charge is -2.09. The zero-order valence-electron chi connectivity index (χ0n) is 16.5. The van der Waals surface area contributed by atoms with Crippen LogP contribution in [-0.2, 0) is 6.54 Å². The Morgan fingerprint density at radius 1 is 0.897 bits per heavy atom. The molecule has 0 aliphatic heterocycles. The number of benzene rings is 3. The molecule has 0 aliphatic rings. The van der Waals surface area contributed by atoms with E-state index in [1.165, 1.54) is 4.90 Å². The highest BCUT2D eigenvalue weighted by molar-refractivity contribution is 7.99. The average Bonchev–Trinajstić information content (AvgIpc) is 2.77. The highest BCUT2D eigenvalue weighted by atomic mass is 32.2. The second-order valence-corrected chi connectivity index (χ2v) is 7.47. The molecule has 0 bridgehead atoms. The third kappa shape index (κ3) is 6.88. The lowest BCUT2D eigenvalue weighted by molar-refractivity contribution is 0.0951. The van der Waals surface area contributed by atoms with Gasteiger partial charge in [0, 0.05) is 22.8 Å². The number of nitrogens with one attached hydrogen (secondary N) is 1. The molecule has 3 rings (SSSR count). The van der Waals surface area contributed by atoms with E-state index in [9.17, 15) is 4.79 Å². The highest BCUT2D eigenvalue weighted by Gasteiger charge is 2.06. The Balaban J connectivity index is 1.43. The second kappa shape index (κ2) is 11.2. The van der Waals surface area contributed by atoms with Gasteiger partial charge in [0.2, 0.25) is 0 Å². The number of ether oxygens (including phenoxy) is 2. The lowest BCUT2D eigenvalue weighted by Crippen LogP contribution is -2.22. The molecule has 0 saturated carbocycles. The number of carbonyl (C=O) groups is 1. The van der Waals surface area contributed by atoms with E-state index in [0.29, 0.717) is 25.3 Å². The van der Waals surface area contributed by atoms with Crippen LogP contribution in [0.3, 0.4) is 0 Å². The van der Waals surface area contributed by atoms with Crippen molar-refractivity contribution in [2.45, 2.75) is 18.4 Å². The summed E-state index contributed by atoms with van der Waals surface area (Å²) in [6.45, 7) is 3.63. The number of carbonyl (C=O) groups excluding carboxylic acids is 1. The van der Waals surface area contributed by atoms with E-state index in [4.69, 9.17) is 9.47 Å². The summed E-state index contributed by atoms with van der Waals surface area (Å²) in [6, 6.07) is 25.2. The predicted octanol–water partition coefficient (Wildman–Crippen LogP) is 5.19. The fourth-order valence-electron chi connectivity index (χ4n) is 2.73.